The SMILES string of the molecule is COc1ccc(C=NNC(=O)CCCNC(=O)c2cc(OC)c(OC)c(OC)c2)cc1OC. The first kappa shape index (κ1) is 25.3. The van der Waals surface area contributed by atoms with Crippen molar-refractivity contribution in [1.82, 2.24) is 10.7 Å². The molecule has 10 nitrogen and oxygen atoms in total. The van der Waals surface area contributed by atoms with Crippen LogP contribution >= 0.6 is 0 Å². The molecule has 0 aliphatic rings. The Morgan fingerprint density at radius 2 is 1.48 bits per heavy atom. The number of carbonyl (C=O) groups excluding carboxylic acids is 2. The second kappa shape index (κ2) is 12.8. The minimum atomic E-state index is -0.318. The molecule has 2 amide bonds. The molecule has 0 saturated heterocycles. The van der Waals surface area contributed by atoms with Gasteiger partial charge in [0.05, 0.1) is 41.8 Å². The van der Waals surface area contributed by atoms with Gasteiger partial charge in [-0.05, 0) is 42.3 Å². The number of benzene rings is 2. The van der Waals surface area contributed by atoms with Crippen molar-refractivity contribution >= 4 is 18.0 Å². The number of rotatable bonds is 12. The molecule has 2 N–H and O–H groups in total. The Labute approximate surface area is 192 Å². The molecule has 0 aliphatic heterocycles. The second-order valence-corrected chi connectivity index (χ2v) is 6.68. The quantitative estimate of drug-likeness (QED) is 0.284. The fourth-order valence-electron chi connectivity index (χ4n) is 2.93. The van der Waals surface area contributed by atoms with Crippen molar-refractivity contribution < 1.29 is 33.3 Å². The monoisotopic (exact) mass is 459 g/mol. The van der Waals surface area contributed by atoms with Crippen LogP contribution in [0.2, 0.25) is 0 Å². The lowest BCUT2D eigenvalue weighted by Gasteiger charge is -2.14. The van der Waals surface area contributed by atoms with Gasteiger partial charge in [-0.1, -0.05) is 0 Å². The van der Waals surface area contributed by atoms with Crippen LogP contribution in [-0.4, -0.2) is 60.1 Å². The molecular weight excluding hydrogens is 430 g/mol. The van der Waals surface area contributed by atoms with E-state index in [1.54, 1.807) is 44.6 Å². The van der Waals surface area contributed by atoms with Crippen molar-refractivity contribution in [2.24, 2.45) is 5.10 Å². The van der Waals surface area contributed by atoms with Crippen LogP contribution in [0.4, 0.5) is 0 Å². The van der Waals surface area contributed by atoms with Crippen LogP contribution in [-0.2, 0) is 4.79 Å². The molecule has 0 spiro atoms. The first-order valence-electron chi connectivity index (χ1n) is 10.1. The average Bonchev–Trinajstić information content (AvgIpc) is 2.85. The Bertz CT molecular complexity index is 967. The van der Waals surface area contributed by atoms with Crippen LogP contribution in [0.15, 0.2) is 35.4 Å². The van der Waals surface area contributed by atoms with Crippen LogP contribution in [0.5, 0.6) is 28.7 Å². The van der Waals surface area contributed by atoms with Gasteiger partial charge in [0.2, 0.25) is 11.7 Å². The topological polar surface area (TPSA) is 117 Å². The molecule has 10 heteroatoms. The van der Waals surface area contributed by atoms with Gasteiger partial charge in [0.15, 0.2) is 23.0 Å². The van der Waals surface area contributed by atoms with Gasteiger partial charge >= 0.3 is 0 Å². The van der Waals surface area contributed by atoms with Gasteiger partial charge < -0.3 is 29.0 Å². The number of carbonyl (C=O) groups is 2. The van der Waals surface area contributed by atoms with E-state index in [1.165, 1.54) is 27.5 Å². The van der Waals surface area contributed by atoms with E-state index >= 15 is 0 Å². The summed E-state index contributed by atoms with van der Waals surface area (Å²) in [6.45, 7) is 0.308. The first-order valence-corrected chi connectivity index (χ1v) is 10.1. The molecule has 2 rings (SSSR count). The van der Waals surface area contributed by atoms with Gasteiger partial charge in [0.1, 0.15) is 0 Å². The molecule has 0 saturated carbocycles. The second-order valence-electron chi connectivity index (χ2n) is 6.68. The van der Waals surface area contributed by atoms with E-state index in [1.807, 2.05) is 0 Å². The molecule has 0 heterocycles. The first-order chi connectivity index (χ1) is 16.0. The summed E-state index contributed by atoms with van der Waals surface area (Å²) in [5, 5.41) is 6.71. The lowest BCUT2D eigenvalue weighted by Crippen LogP contribution is -2.26. The number of amides is 2. The Hall–Kier alpha value is -3.95. The van der Waals surface area contributed by atoms with Crippen molar-refractivity contribution in [3.8, 4) is 28.7 Å². The number of hydrazone groups is 1. The van der Waals surface area contributed by atoms with Gasteiger partial charge in [0, 0.05) is 18.5 Å². The van der Waals surface area contributed by atoms with Crippen LogP contribution in [0.1, 0.15) is 28.8 Å². The summed E-state index contributed by atoms with van der Waals surface area (Å²) >= 11 is 0. The minimum absolute atomic E-state index is 0.193. The molecule has 0 fully saturated rings. The normalized spacial score (nSPS) is 10.5. The molecule has 0 aromatic heterocycles. The lowest BCUT2D eigenvalue weighted by molar-refractivity contribution is -0.121. The Morgan fingerprint density at radius 3 is 2.06 bits per heavy atom. The zero-order chi connectivity index (χ0) is 24.2. The zero-order valence-corrected chi connectivity index (χ0v) is 19.4. The predicted molar refractivity (Wildman–Crippen MR) is 123 cm³/mol. The van der Waals surface area contributed by atoms with Crippen LogP contribution < -0.4 is 34.4 Å². The maximum Gasteiger partial charge on any atom is 0.251 e. The molecule has 0 aliphatic carbocycles. The van der Waals surface area contributed by atoms with Crippen LogP contribution in [0.3, 0.4) is 0 Å². The third-order valence-electron chi connectivity index (χ3n) is 4.60. The fourth-order valence-corrected chi connectivity index (χ4v) is 2.93. The molecule has 2 aromatic rings. The molecule has 0 radical (unpaired) electrons. The highest BCUT2D eigenvalue weighted by atomic mass is 16.5. The van der Waals surface area contributed by atoms with Gasteiger partial charge in [-0.2, -0.15) is 5.10 Å². The highest BCUT2D eigenvalue weighted by molar-refractivity contribution is 5.95. The maximum atomic E-state index is 12.4. The molecule has 0 bridgehead atoms. The van der Waals surface area contributed by atoms with Crippen molar-refractivity contribution in [3.63, 3.8) is 0 Å². The number of methoxy groups -OCH3 is 5. The Kier molecular flexibility index (Phi) is 9.81. The largest absolute Gasteiger partial charge is 0.493 e. The van der Waals surface area contributed by atoms with E-state index in [0.29, 0.717) is 47.3 Å². The Balaban J connectivity index is 1.81. The van der Waals surface area contributed by atoms with Crippen LogP contribution in [0, 0.1) is 0 Å². The van der Waals surface area contributed by atoms with Crippen molar-refractivity contribution in [3.05, 3.63) is 41.5 Å². The summed E-state index contributed by atoms with van der Waals surface area (Å²) in [7, 11) is 7.54. The summed E-state index contributed by atoms with van der Waals surface area (Å²) in [6.07, 6.45) is 2.14. The number of ether oxygens (including phenoxy) is 5. The summed E-state index contributed by atoms with van der Waals surface area (Å²) in [5.74, 6) is 1.75. The summed E-state index contributed by atoms with van der Waals surface area (Å²) < 4.78 is 26.2. The average molecular weight is 459 g/mol. The van der Waals surface area contributed by atoms with Crippen molar-refractivity contribution in [2.45, 2.75) is 12.8 Å². The number of nitrogens with zero attached hydrogens (tertiary/aromatic N) is 1. The smallest absolute Gasteiger partial charge is 0.251 e. The van der Waals surface area contributed by atoms with E-state index in [4.69, 9.17) is 23.7 Å². The van der Waals surface area contributed by atoms with E-state index in [2.05, 4.69) is 15.8 Å². The van der Waals surface area contributed by atoms with Gasteiger partial charge in [-0.15, -0.1) is 0 Å². The maximum absolute atomic E-state index is 12.4. The molecule has 0 atom stereocenters. The van der Waals surface area contributed by atoms with E-state index in [9.17, 15) is 9.59 Å². The summed E-state index contributed by atoms with van der Waals surface area (Å²) in [4.78, 5) is 24.4. The van der Waals surface area contributed by atoms with Gasteiger partial charge in [0.25, 0.3) is 5.91 Å². The van der Waals surface area contributed by atoms with E-state index in [0.717, 1.165) is 5.56 Å². The Morgan fingerprint density at radius 1 is 0.848 bits per heavy atom. The highest BCUT2D eigenvalue weighted by Gasteiger charge is 2.16. The lowest BCUT2D eigenvalue weighted by atomic mass is 10.1. The van der Waals surface area contributed by atoms with E-state index < -0.39 is 0 Å². The molecule has 178 valence electrons. The predicted octanol–water partition coefficient (Wildman–Crippen LogP) is 2.39. The number of hydrogen-bond donors (Lipinski definition) is 2. The fraction of sp³-hybridized carbons (Fsp3) is 0.348. The summed E-state index contributed by atoms with van der Waals surface area (Å²) in [5.41, 5.74) is 3.55. The molecule has 33 heavy (non-hydrogen) atoms. The third-order valence-corrected chi connectivity index (χ3v) is 4.60. The zero-order valence-electron chi connectivity index (χ0n) is 19.4. The van der Waals surface area contributed by atoms with Crippen molar-refractivity contribution in [1.29, 1.82) is 0 Å². The van der Waals surface area contributed by atoms with Gasteiger partial charge in [-0.25, -0.2) is 5.43 Å². The molecular formula is C23H29N3O7. The number of hydrogen-bond acceptors (Lipinski definition) is 8. The summed E-state index contributed by atoms with van der Waals surface area (Å²) in [6, 6.07) is 8.40. The highest BCUT2D eigenvalue weighted by Crippen LogP contribution is 2.38. The van der Waals surface area contributed by atoms with E-state index in [-0.39, 0.29) is 18.2 Å². The van der Waals surface area contributed by atoms with Crippen molar-refractivity contribution in [2.75, 3.05) is 42.1 Å². The number of nitrogens with one attached hydrogen (secondary N) is 2. The van der Waals surface area contributed by atoms with Crippen LogP contribution in [0.25, 0.3) is 0 Å². The molecule has 0 unspecified atom stereocenters. The minimum Gasteiger partial charge on any atom is -0.493 e. The van der Waals surface area contributed by atoms with Gasteiger partial charge in [-0.3, -0.25) is 9.59 Å². The molecule has 2 aromatic carbocycles. The third kappa shape index (κ3) is 7.03. The standard InChI is InChI=1S/C23H29N3O7/c1-29-17-9-8-15(11-18(17)30-2)14-25-26-21(27)7-6-10-24-23(28)16-12-19(31-3)22(33-5)20(13-16)32-4/h8-9,11-14H,6-7,10H2,1-5H3,(H,24,28)(H,26,27).